The Balaban J connectivity index is 1.63. The SMILES string of the molecule is COc1cc(=O)n2c(c1C(=O)N(C)Cc1cscn1)CCN(Cc1cccs1)CC2. The Labute approximate surface area is 183 Å². The topological polar surface area (TPSA) is 67.7 Å². The maximum atomic E-state index is 13.4. The van der Waals surface area contributed by atoms with Crippen molar-refractivity contribution in [2.24, 2.45) is 0 Å². The summed E-state index contributed by atoms with van der Waals surface area (Å²) in [6.07, 6.45) is 0.615. The molecular weight excluding hydrogens is 420 g/mol. The van der Waals surface area contributed by atoms with Crippen LogP contribution in [-0.2, 0) is 26.1 Å². The summed E-state index contributed by atoms with van der Waals surface area (Å²) < 4.78 is 7.20. The predicted octanol–water partition coefficient (Wildman–Crippen LogP) is 2.71. The molecule has 1 aliphatic rings. The number of rotatable bonds is 6. The van der Waals surface area contributed by atoms with Crippen molar-refractivity contribution >= 4 is 28.6 Å². The van der Waals surface area contributed by atoms with Crippen LogP contribution in [0.5, 0.6) is 5.75 Å². The second-order valence-corrected chi connectivity index (χ2v) is 9.02. The van der Waals surface area contributed by atoms with Crippen molar-refractivity contribution in [2.75, 3.05) is 27.2 Å². The Morgan fingerprint density at radius 3 is 2.90 bits per heavy atom. The number of hydrogen-bond donors (Lipinski definition) is 0. The van der Waals surface area contributed by atoms with Crippen LogP contribution in [0.1, 0.15) is 26.6 Å². The first-order valence-electron chi connectivity index (χ1n) is 9.74. The van der Waals surface area contributed by atoms with E-state index >= 15 is 0 Å². The lowest BCUT2D eigenvalue weighted by Gasteiger charge is -2.21. The minimum absolute atomic E-state index is 0.126. The first-order chi connectivity index (χ1) is 14.6. The van der Waals surface area contributed by atoms with Gasteiger partial charge in [0.1, 0.15) is 11.3 Å². The number of pyridine rings is 1. The molecular formula is C21H24N4O3S2. The van der Waals surface area contributed by atoms with Crippen molar-refractivity contribution in [3.8, 4) is 5.75 Å². The normalized spacial score (nSPS) is 14.2. The van der Waals surface area contributed by atoms with E-state index in [0.29, 0.717) is 30.8 Å². The molecule has 3 aromatic rings. The highest BCUT2D eigenvalue weighted by Crippen LogP contribution is 2.25. The molecule has 0 N–H and O–H groups in total. The first-order valence-corrected chi connectivity index (χ1v) is 11.6. The average molecular weight is 445 g/mol. The number of ether oxygens (including phenoxy) is 1. The first kappa shape index (κ1) is 20.8. The van der Waals surface area contributed by atoms with E-state index in [1.807, 2.05) is 5.38 Å². The van der Waals surface area contributed by atoms with E-state index in [9.17, 15) is 9.59 Å². The van der Waals surface area contributed by atoms with Gasteiger partial charge in [-0.1, -0.05) is 6.07 Å². The third kappa shape index (κ3) is 4.33. The van der Waals surface area contributed by atoms with Gasteiger partial charge in [0, 0.05) is 61.7 Å². The minimum atomic E-state index is -0.157. The molecule has 0 fully saturated rings. The lowest BCUT2D eigenvalue weighted by molar-refractivity contribution is 0.0777. The molecule has 7 nitrogen and oxygen atoms in total. The molecule has 0 atom stereocenters. The number of methoxy groups -OCH3 is 1. The van der Waals surface area contributed by atoms with Gasteiger partial charge in [0.25, 0.3) is 11.5 Å². The van der Waals surface area contributed by atoms with Gasteiger partial charge in [-0.3, -0.25) is 14.5 Å². The Morgan fingerprint density at radius 1 is 1.33 bits per heavy atom. The van der Waals surface area contributed by atoms with Crippen LogP contribution in [0.25, 0.3) is 0 Å². The van der Waals surface area contributed by atoms with Gasteiger partial charge in [-0.15, -0.1) is 22.7 Å². The number of amides is 1. The van der Waals surface area contributed by atoms with Crippen molar-refractivity contribution in [2.45, 2.75) is 26.1 Å². The summed E-state index contributed by atoms with van der Waals surface area (Å²) >= 11 is 3.24. The molecule has 4 rings (SSSR count). The van der Waals surface area contributed by atoms with Crippen LogP contribution in [-0.4, -0.2) is 52.5 Å². The van der Waals surface area contributed by atoms with Crippen molar-refractivity contribution in [1.29, 1.82) is 0 Å². The van der Waals surface area contributed by atoms with Gasteiger partial charge < -0.3 is 14.2 Å². The lowest BCUT2D eigenvalue weighted by atomic mass is 10.1. The summed E-state index contributed by atoms with van der Waals surface area (Å²) in [5.74, 6) is 0.184. The number of thiazole rings is 1. The number of fused-ring (bicyclic) bond motifs is 1. The van der Waals surface area contributed by atoms with Crippen molar-refractivity contribution in [1.82, 2.24) is 19.4 Å². The van der Waals surface area contributed by atoms with E-state index in [1.54, 1.807) is 33.4 Å². The maximum Gasteiger partial charge on any atom is 0.259 e. The number of carbonyl (C=O) groups excluding carboxylic acids is 1. The molecule has 3 aromatic heterocycles. The summed E-state index contributed by atoms with van der Waals surface area (Å²) in [4.78, 5) is 35.7. The molecule has 0 aliphatic carbocycles. The number of carbonyl (C=O) groups is 1. The zero-order chi connectivity index (χ0) is 21.1. The van der Waals surface area contributed by atoms with Crippen LogP contribution < -0.4 is 10.3 Å². The third-order valence-corrected chi connectivity index (χ3v) is 6.81. The van der Waals surface area contributed by atoms with Gasteiger partial charge in [-0.05, 0) is 11.4 Å². The number of thiophene rings is 1. The van der Waals surface area contributed by atoms with Crippen LogP contribution in [0.2, 0.25) is 0 Å². The van der Waals surface area contributed by atoms with Crippen LogP contribution in [0.4, 0.5) is 0 Å². The summed E-state index contributed by atoms with van der Waals surface area (Å²) in [5.41, 5.74) is 3.70. The van der Waals surface area contributed by atoms with E-state index in [2.05, 4.69) is 27.4 Å². The molecule has 30 heavy (non-hydrogen) atoms. The summed E-state index contributed by atoms with van der Waals surface area (Å²) in [7, 11) is 3.26. The molecule has 0 spiro atoms. The monoisotopic (exact) mass is 444 g/mol. The highest BCUT2D eigenvalue weighted by atomic mass is 32.1. The van der Waals surface area contributed by atoms with Crippen molar-refractivity contribution < 1.29 is 9.53 Å². The van der Waals surface area contributed by atoms with Crippen LogP contribution >= 0.6 is 22.7 Å². The zero-order valence-corrected chi connectivity index (χ0v) is 18.7. The molecule has 0 saturated heterocycles. The summed E-state index contributed by atoms with van der Waals surface area (Å²) in [5, 5.41) is 4.01. The van der Waals surface area contributed by atoms with Gasteiger partial charge in [0.15, 0.2) is 0 Å². The van der Waals surface area contributed by atoms with Crippen LogP contribution in [0.15, 0.2) is 39.3 Å². The van der Waals surface area contributed by atoms with E-state index in [1.165, 1.54) is 29.4 Å². The second-order valence-electron chi connectivity index (χ2n) is 7.27. The molecule has 0 saturated carbocycles. The molecule has 9 heteroatoms. The molecule has 158 valence electrons. The number of aromatic nitrogens is 2. The third-order valence-electron chi connectivity index (χ3n) is 5.31. The van der Waals surface area contributed by atoms with E-state index < -0.39 is 0 Å². The molecule has 0 bridgehead atoms. The standard InChI is InChI=1S/C21H24N4O3S2/c1-23(11-15-13-29-14-22-15)21(27)20-17-5-6-24(12-16-4-3-9-30-16)7-8-25(17)19(26)10-18(20)28-2/h3-4,9-10,13-14H,5-8,11-12H2,1-2H3. The lowest BCUT2D eigenvalue weighted by Crippen LogP contribution is -2.32. The second kappa shape index (κ2) is 9.11. The van der Waals surface area contributed by atoms with E-state index in [0.717, 1.165) is 31.0 Å². The molecule has 0 aromatic carbocycles. The highest BCUT2D eigenvalue weighted by molar-refractivity contribution is 7.09. The Hall–Kier alpha value is -2.49. The smallest absolute Gasteiger partial charge is 0.259 e. The molecule has 0 unspecified atom stereocenters. The zero-order valence-electron chi connectivity index (χ0n) is 17.0. The molecule has 0 radical (unpaired) electrons. The Kier molecular flexibility index (Phi) is 6.31. The van der Waals surface area contributed by atoms with Crippen LogP contribution in [0, 0.1) is 0 Å². The maximum absolute atomic E-state index is 13.4. The fraction of sp³-hybridized carbons (Fsp3) is 0.381. The van der Waals surface area contributed by atoms with Crippen molar-refractivity contribution in [3.63, 3.8) is 0 Å². The van der Waals surface area contributed by atoms with E-state index in [-0.39, 0.29) is 11.5 Å². The quantitative estimate of drug-likeness (QED) is 0.585. The minimum Gasteiger partial charge on any atom is -0.496 e. The molecule has 1 aliphatic heterocycles. The fourth-order valence-electron chi connectivity index (χ4n) is 3.79. The largest absolute Gasteiger partial charge is 0.496 e. The number of hydrogen-bond acceptors (Lipinski definition) is 7. The Bertz CT molecular complexity index is 1060. The fourth-order valence-corrected chi connectivity index (χ4v) is 5.08. The van der Waals surface area contributed by atoms with Gasteiger partial charge in [-0.2, -0.15) is 0 Å². The Morgan fingerprint density at radius 2 is 2.20 bits per heavy atom. The van der Waals surface area contributed by atoms with Gasteiger partial charge in [-0.25, -0.2) is 4.98 Å². The van der Waals surface area contributed by atoms with Gasteiger partial charge >= 0.3 is 0 Å². The predicted molar refractivity (Wildman–Crippen MR) is 118 cm³/mol. The number of nitrogens with zero attached hydrogens (tertiary/aromatic N) is 4. The van der Waals surface area contributed by atoms with Crippen molar-refractivity contribution in [3.05, 3.63) is 66.7 Å². The molecule has 4 heterocycles. The van der Waals surface area contributed by atoms with Crippen LogP contribution in [0.3, 0.4) is 0 Å². The summed E-state index contributed by atoms with van der Waals surface area (Å²) in [6, 6.07) is 5.61. The average Bonchev–Trinajstić information content (AvgIpc) is 3.40. The molecule has 1 amide bonds. The van der Waals surface area contributed by atoms with Gasteiger partial charge in [0.05, 0.1) is 24.9 Å². The highest BCUT2D eigenvalue weighted by Gasteiger charge is 2.27. The van der Waals surface area contributed by atoms with Gasteiger partial charge in [0.2, 0.25) is 0 Å². The van der Waals surface area contributed by atoms with E-state index in [4.69, 9.17) is 4.74 Å². The summed E-state index contributed by atoms with van der Waals surface area (Å²) in [6.45, 7) is 3.36.